The Balaban J connectivity index is 0.978. The Labute approximate surface area is 361 Å². The first kappa shape index (κ1) is 42.8. The topological polar surface area (TPSA) is 193 Å². The summed E-state index contributed by atoms with van der Waals surface area (Å²) in [6.07, 6.45) is 5.26. The summed E-state index contributed by atoms with van der Waals surface area (Å²) in [5, 5.41) is 5.46. The van der Waals surface area contributed by atoms with Crippen LogP contribution in [0.2, 0.25) is 0 Å². The van der Waals surface area contributed by atoms with Crippen LogP contribution in [0.5, 0.6) is 0 Å². The van der Waals surface area contributed by atoms with Gasteiger partial charge in [0.1, 0.15) is 23.7 Å². The number of H-pyrrole nitrogens is 2. The van der Waals surface area contributed by atoms with E-state index in [4.69, 9.17) is 28.9 Å². The van der Waals surface area contributed by atoms with Crippen LogP contribution in [0.3, 0.4) is 0 Å². The molecule has 4 amide bonds. The highest BCUT2D eigenvalue weighted by atomic mass is 16.5. The molecule has 16 nitrogen and oxygen atoms in total. The Morgan fingerprint density at radius 3 is 1.81 bits per heavy atom. The van der Waals surface area contributed by atoms with Crippen molar-refractivity contribution >= 4 is 35.0 Å². The molecule has 4 aliphatic heterocycles. The molecule has 0 unspecified atom stereocenters. The van der Waals surface area contributed by atoms with Gasteiger partial charge in [-0.3, -0.25) is 9.59 Å². The van der Waals surface area contributed by atoms with Gasteiger partial charge in [-0.15, -0.1) is 0 Å². The third-order valence-electron chi connectivity index (χ3n) is 12.8. The molecule has 6 atom stereocenters. The van der Waals surface area contributed by atoms with Gasteiger partial charge in [-0.1, -0.05) is 51.7 Å². The molecular weight excluding hydrogens is 793 g/mol. The molecule has 2 spiro atoms. The zero-order valence-electron chi connectivity index (χ0n) is 36.2. The number of carbonyl (C=O) groups excluding carboxylic acids is 4. The van der Waals surface area contributed by atoms with Crippen LogP contribution in [0.15, 0.2) is 48.7 Å². The second kappa shape index (κ2) is 17.5. The Morgan fingerprint density at radius 2 is 1.29 bits per heavy atom. The molecule has 2 aromatic heterocycles. The van der Waals surface area contributed by atoms with Gasteiger partial charge in [0.05, 0.1) is 73.5 Å². The number of likely N-dealkylation sites (tertiary alicyclic amines) is 2. The Bertz CT molecular complexity index is 2370. The maximum absolute atomic E-state index is 14.1. The van der Waals surface area contributed by atoms with Crippen molar-refractivity contribution in [3.8, 4) is 23.1 Å². The SMILES string of the molecule is COC(=O)N[C@H](C(=O)N1C[C@]2(CCCO2)C[C@H]1c1ncc(-c2ccc(C#Cc3ccc4nc([C@@H]5C[C@@]6(CCCO6)CN5C(=O)[C@@H](NC(=O)OC)C(C)C)[nH]c4c3)cc2)[nH]1)C(C)C. The molecule has 2 aromatic carbocycles. The number of methoxy groups -OCH3 is 2. The minimum absolute atomic E-state index is 0.159. The highest BCUT2D eigenvalue weighted by molar-refractivity contribution is 5.87. The fraction of sp³-hybridized carbons (Fsp3) is 0.522. The van der Waals surface area contributed by atoms with E-state index < -0.39 is 35.5 Å². The molecule has 4 aliphatic rings. The van der Waals surface area contributed by atoms with Gasteiger partial charge in [-0.05, 0) is 73.4 Å². The lowest BCUT2D eigenvalue weighted by Gasteiger charge is -2.30. The number of aromatic nitrogens is 4. The van der Waals surface area contributed by atoms with Crippen molar-refractivity contribution in [2.75, 3.05) is 40.5 Å². The first-order chi connectivity index (χ1) is 29.8. The summed E-state index contributed by atoms with van der Waals surface area (Å²) in [6, 6.07) is 11.5. The van der Waals surface area contributed by atoms with E-state index in [1.54, 1.807) is 16.0 Å². The molecule has 4 aromatic rings. The number of hydrogen-bond donors (Lipinski definition) is 4. The van der Waals surface area contributed by atoms with Crippen molar-refractivity contribution in [3.63, 3.8) is 0 Å². The average Bonchev–Trinajstić information content (AvgIpc) is 4.14. The van der Waals surface area contributed by atoms with E-state index in [-0.39, 0.29) is 35.7 Å². The van der Waals surface area contributed by atoms with Crippen LogP contribution in [0.25, 0.3) is 22.3 Å². The average molecular weight is 849 g/mol. The number of fused-ring (bicyclic) bond motifs is 1. The molecule has 6 heterocycles. The Kier molecular flexibility index (Phi) is 12.0. The minimum atomic E-state index is -0.763. The maximum atomic E-state index is 14.1. The molecule has 4 saturated heterocycles. The van der Waals surface area contributed by atoms with Crippen molar-refractivity contribution in [1.29, 1.82) is 0 Å². The van der Waals surface area contributed by atoms with Gasteiger partial charge in [0.15, 0.2) is 0 Å². The zero-order chi connectivity index (χ0) is 43.8. The molecular formula is C46H56N8O8. The highest BCUT2D eigenvalue weighted by Gasteiger charge is 2.53. The summed E-state index contributed by atoms with van der Waals surface area (Å²) in [5.74, 6) is 7.18. The molecule has 62 heavy (non-hydrogen) atoms. The number of rotatable bonds is 9. The maximum Gasteiger partial charge on any atom is 0.407 e. The van der Waals surface area contributed by atoms with Crippen LogP contribution >= 0.6 is 0 Å². The van der Waals surface area contributed by atoms with Crippen molar-refractivity contribution < 1.29 is 38.1 Å². The molecule has 0 aliphatic carbocycles. The number of ether oxygens (including phenoxy) is 4. The fourth-order valence-corrected chi connectivity index (χ4v) is 9.48. The zero-order valence-corrected chi connectivity index (χ0v) is 36.2. The second-order valence-corrected chi connectivity index (χ2v) is 17.7. The van der Waals surface area contributed by atoms with Crippen molar-refractivity contribution in [2.24, 2.45) is 11.8 Å². The molecule has 16 heteroatoms. The number of carbonyl (C=O) groups is 4. The predicted molar refractivity (Wildman–Crippen MR) is 228 cm³/mol. The lowest BCUT2D eigenvalue weighted by Crippen LogP contribution is -2.51. The number of hydrogen-bond acceptors (Lipinski definition) is 10. The number of nitrogens with zero attached hydrogens (tertiary/aromatic N) is 4. The summed E-state index contributed by atoms with van der Waals surface area (Å²) in [6.45, 7) is 9.73. The number of aromatic amines is 2. The molecule has 4 N–H and O–H groups in total. The second-order valence-electron chi connectivity index (χ2n) is 17.7. The first-order valence-electron chi connectivity index (χ1n) is 21.5. The van der Waals surface area contributed by atoms with E-state index in [1.807, 2.05) is 70.2 Å². The smallest absolute Gasteiger partial charge is 0.407 e. The Hall–Kier alpha value is -5.92. The van der Waals surface area contributed by atoms with E-state index in [0.717, 1.165) is 59.1 Å². The van der Waals surface area contributed by atoms with Crippen molar-refractivity contribution in [2.45, 2.75) is 102 Å². The van der Waals surface area contributed by atoms with Gasteiger partial charge < -0.3 is 49.3 Å². The number of amides is 4. The van der Waals surface area contributed by atoms with E-state index >= 15 is 0 Å². The Morgan fingerprint density at radius 1 is 0.758 bits per heavy atom. The molecule has 0 radical (unpaired) electrons. The van der Waals surface area contributed by atoms with Crippen LogP contribution in [0.4, 0.5) is 9.59 Å². The van der Waals surface area contributed by atoms with Crippen LogP contribution in [0.1, 0.15) is 101 Å². The monoisotopic (exact) mass is 848 g/mol. The van der Waals surface area contributed by atoms with Gasteiger partial charge in [-0.25, -0.2) is 19.6 Å². The summed E-state index contributed by atoms with van der Waals surface area (Å²) >= 11 is 0. The number of benzene rings is 2. The van der Waals surface area contributed by atoms with E-state index in [2.05, 4.69) is 32.4 Å². The summed E-state index contributed by atoms with van der Waals surface area (Å²) < 4.78 is 22.1. The molecule has 8 rings (SSSR count). The van der Waals surface area contributed by atoms with E-state index in [0.29, 0.717) is 50.8 Å². The normalized spacial score (nSPS) is 24.2. The van der Waals surface area contributed by atoms with Crippen LogP contribution in [-0.2, 0) is 28.5 Å². The van der Waals surface area contributed by atoms with Gasteiger partial charge in [0.25, 0.3) is 0 Å². The quantitative estimate of drug-likeness (QED) is 0.151. The number of alkyl carbamates (subject to hydrolysis) is 2. The van der Waals surface area contributed by atoms with Crippen molar-refractivity contribution in [1.82, 2.24) is 40.4 Å². The summed E-state index contributed by atoms with van der Waals surface area (Å²) in [7, 11) is 2.57. The lowest BCUT2D eigenvalue weighted by molar-refractivity contribution is -0.137. The summed E-state index contributed by atoms with van der Waals surface area (Å²) in [4.78, 5) is 72.7. The van der Waals surface area contributed by atoms with E-state index in [1.165, 1.54) is 14.2 Å². The lowest BCUT2D eigenvalue weighted by atomic mass is 9.96. The third-order valence-corrected chi connectivity index (χ3v) is 12.8. The first-order valence-corrected chi connectivity index (χ1v) is 21.5. The largest absolute Gasteiger partial charge is 0.453 e. The van der Waals surface area contributed by atoms with Crippen LogP contribution < -0.4 is 10.6 Å². The standard InChI is InChI=1S/C46H56N8O8/c1-27(2)37(51-43(57)59-5)41(55)53-25-45(17-7-19-61-45)22-35(53)39-47-24-34(50-39)31-14-11-29(12-15-31)9-10-30-13-16-32-33(21-30)49-40(48-32)36-23-46(18-8-20-62-46)26-54(36)42(56)38(28(3)4)52-44(58)60-6/h11-16,21,24,27-28,35-38H,7-8,17-20,22-23,25-26H2,1-6H3,(H,47,50)(H,48,49)(H,51,57)(H,52,58)/t35-,36-,37-,38-,45-,46-/m0/s1. The van der Waals surface area contributed by atoms with Crippen LogP contribution in [0, 0.1) is 23.7 Å². The van der Waals surface area contributed by atoms with Gasteiger partial charge in [-0.2, -0.15) is 0 Å². The molecule has 4 fully saturated rings. The molecule has 0 bridgehead atoms. The molecule has 328 valence electrons. The predicted octanol–water partition coefficient (Wildman–Crippen LogP) is 5.76. The summed E-state index contributed by atoms with van der Waals surface area (Å²) in [5.41, 5.74) is 4.02. The molecule has 0 saturated carbocycles. The van der Waals surface area contributed by atoms with Crippen molar-refractivity contribution in [3.05, 3.63) is 71.4 Å². The number of nitrogens with one attached hydrogen (secondary N) is 4. The van der Waals surface area contributed by atoms with Gasteiger partial charge >= 0.3 is 12.2 Å². The minimum Gasteiger partial charge on any atom is -0.453 e. The van der Waals surface area contributed by atoms with E-state index in [9.17, 15) is 19.2 Å². The fourth-order valence-electron chi connectivity index (χ4n) is 9.48. The third kappa shape index (κ3) is 8.60. The van der Waals surface area contributed by atoms with Crippen LogP contribution in [-0.4, -0.2) is 118 Å². The highest BCUT2D eigenvalue weighted by Crippen LogP contribution is 2.46. The number of imidazole rings is 2. The van der Waals surface area contributed by atoms with Gasteiger partial charge in [0, 0.05) is 37.2 Å². The van der Waals surface area contributed by atoms with Gasteiger partial charge in [0.2, 0.25) is 11.8 Å².